The molecule has 18 heavy (non-hydrogen) atoms. The Morgan fingerprint density at radius 1 is 1.39 bits per heavy atom. The number of hydrogen-bond acceptors (Lipinski definition) is 2. The van der Waals surface area contributed by atoms with Crippen LogP contribution in [0.4, 0.5) is 0 Å². The lowest BCUT2D eigenvalue weighted by atomic mass is 10.2. The third-order valence-electron chi connectivity index (χ3n) is 2.03. The van der Waals surface area contributed by atoms with E-state index in [4.69, 9.17) is 11.6 Å². The molecule has 1 aromatic carbocycles. The number of nitrogens with zero attached hydrogens (tertiary/aromatic N) is 1. The summed E-state index contributed by atoms with van der Waals surface area (Å²) in [4.78, 5) is 0. The molecule has 0 N–H and O–H groups in total. The van der Waals surface area contributed by atoms with Crippen molar-refractivity contribution < 1.29 is 0 Å². The fraction of sp³-hybridized carbons (Fsp3) is 0.286. The second kappa shape index (κ2) is 8.73. The number of rotatable bonds is 4. The molecular formula is C14H15ClINS. The largest absolute Gasteiger partial charge is 0.266 e. The van der Waals surface area contributed by atoms with E-state index in [0.717, 1.165) is 17.1 Å². The number of benzene rings is 1. The smallest absolute Gasteiger partial charge is 0.0411 e. The highest BCUT2D eigenvalue weighted by molar-refractivity contribution is 14.2. The third-order valence-corrected chi connectivity index (χ3v) is 4.12. The Labute approximate surface area is 131 Å². The van der Waals surface area contributed by atoms with Crippen LogP contribution < -0.4 is 0 Å². The molecule has 0 aliphatic heterocycles. The molecular weight excluding hydrogens is 377 g/mol. The van der Waals surface area contributed by atoms with E-state index in [0.29, 0.717) is 5.92 Å². The molecule has 0 saturated carbocycles. The summed E-state index contributed by atoms with van der Waals surface area (Å²) in [6, 6.07) is 10.8. The van der Waals surface area contributed by atoms with E-state index in [1.165, 1.54) is 0 Å². The second-order valence-corrected chi connectivity index (χ2v) is 6.36. The topological polar surface area (TPSA) is 3.24 Å². The van der Waals surface area contributed by atoms with Crippen molar-refractivity contribution in [1.82, 2.24) is 4.31 Å². The Morgan fingerprint density at radius 3 is 2.61 bits per heavy atom. The number of hydrogen-bond donors (Lipinski definition) is 0. The predicted octanol–water partition coefficient (Wildman–Crippen LogP) is 5.27. The van der Waals surface area contributed by atoms with Crippen molar-refractivity contribution in [3.05, 3.63) is 40.9 Å². The quantitative estimate of drug-likeness (QED) is 0.298. The summed E-state index contributed by atoms with van der Waals surface area (Å²) in [6.07, 6.45) is 3.85. The van der Waals surface area contributed by atoms with E-state index in [1.54, 1.807) is 9.12 Å². The summed E-state index contributed by atoms with van der Waals surface area (Å²) in [5.74, 6) is 3.65. The van der Waals surface area contributed by atoms with Gasteiger partial charge in [0, 0.05) is 47.9 Å². The van der Waals surface area contributed by atoms with Crippen LogP contribution in [-0.4, -0.2) is 10.8 Å². The summed E-state index contributed by atoms with van der Waals surface area (Å²) in [5.41, 5.74) is 1.10. The van der Waals surface area contributed by atoms with Crippen LogP contribution in [0.15, 0.2) is 30.3 Å². The summed E-state index contributed by atoms with van der Waals surface area (Å²) >= 11 is 8.07. The number of halogens is 2. The van der Waals surface area contributed by atoms with Gasteiger partial charge in [0.2, 0.25) is 0 Å². The Morgan fingerprint density at radius 2 is 2.06 bits per heavy atom. The van der Waals surface area contributed by atoms with Gasteiger partial charge in [-0.15, -0.1) is 0 Å². The maximum Gasteiger partial charge on any atom is 0.0411 e. The Hall–Kier alpha value is -0.310. The molecule has 0 saturated heterocycles. The molecule has 0 aliphatic carbocycles. The van der Waals surface area contributed by atoms with Crippen LogP contribution in [0.2, 0.25) is 5.02 Å². The zero-order chi connectivity index (χ0) is 13.4. The van der Waals surface area contributed by atoms with E-state index in [1.807, 2.05) is 40.7 Å². The molecule has 0 atom stereocenters. The highest BCUT2D eigenvalue weighted by atomic mass is 127. The van der Waals surface area contributed by atoms with E-state index < -0.39 is 0 Å². The fourth-order valence-electron chi connectivity index (χ4n) is 1.24. The van der Waals surface area contributed by atoms with Gasteiger partial charge < -0.3 is 0 Å². The fourth-order valence-corrected chi connectivity index (χ4v) is 2.59. The van der Waals surface area contributed by atoms with E-state index in [2.05, 4.69) is 47.0 Å². The minimum absolute atomic E-state index is 0.613. The van der Waals surface area contributed by atoms with Crippen molar-refractivity contribution in [2.75, 3.05) is 6.54 Å². The summed E-state index contributed by atoms with van der Waals surface area (Å²) in [5, 5.41) is 0.752. The van der Waals surface area contributed by atoms with Crippen molar-refractivity contribution in [3.8, 4) is 12.0 Å². The molecule has 4 heteroatoms. The van der Waals surface area contributed by atoms with Crippen LogP contribution in [0.3, 0.4) is 0 Å². The van der Waals surface area contributed by atoms with Crippen LogP contribution in [-0.2, 0) is 0 Å². The van der Waals surface area contributed by atoms with Crippen molar-refractivity contribution in [2.24, 2.45) is 5.92 Å². The van der Waals surface area contributed by atoms with Gasteiger partial charge in [-0.1, -0.05) is 43.5 Å². The normalized spacial score (nSPS) is 10.5. The van der Waals surface area contributed by atoms with Gasteiger partial charge in [0.25, 0.3) is 0 Å². The zero-order valence-corrected chi connectivity index (χ0v) is 14.1. The minimum atomic E-state index is 0.613. The highest BCUT2D eigenvalue weighted by Gasteiger charge is 2.00. The van der Waals surface area contributed by atoms with Gasteiger partial charge >= 0.3 is 0 Å². The van der Waals surface area contributed by atoms with Gasteiger partial charge in [0.15, 0.2) is 0 Å². The summed E-state index contributed by atoms with van der Waals surface area (Å²) in [6.45, 7) is 5.34. The SMILES string of the molecule is CC(C)CN(C#C/C=C/c1ccc(Cl)cc1)SI. The first kappa shape index (κ1) is 15.7. The maximum atomic E-state index is 5.82. The van der Waals surface area contributed by atoms with Crippen molar-refractivity contribution >= 4 is 48.0 Å². The Balaban J connectivity index is 2.55. The van der Waals surface area contributed by atoms with Crippen LogP contribution in [0.5, 0.6) is 0 Å². The Bertz CT molecular complexity index is 445. The lowest BCUT2D eigenvalue weighted by molar-refractivity contribution is 0.516. The van der Waals surface area contributed by atoms with Gasteiger partial charge in [0.05, 0.1) is 0 Å². The van der Waals surface area contributed by atoms with Gasteiger partial charge in [-0.05, 0) is 35.8 Å². The van der Waals surface area contributed by atoms with Gasteiger partial charge in [0.1, 0.15) is 0 Å². The first-order valence-electron chi connectivity index (χ1n) is 5.61. The predicted molar refractivity (Wildman–Crippen MR) is 91.4 cm³/mol. The average Bonchev–Trinajstić information content (AvgIpc) is 2.34. The van der Waals surface area contributed by atoms with E-state index >= 15 is 0 Å². The van der Waals surface area contributed by atoms with Gasteiger partial charge in [-0.25, -0.2) is 0 Å². The van der Waals surface area contributed by atoms with Crippen LogP contribution in [0.1, 0.15) is 19.4 Å². The molecule has 0 aliphatic rings. The molecule has 0 bridgehead atoms. The molecule has 0 spiro atoms. The molecule has 0 aromatic heterocycles. The molecule has 0 heterocycles. The van der Waals surface area contributed by atoms with E-state index in [-0.39, 0.29) is 0 Å². The molecule has 96 valence electrons. The van der Waals surface area contributed by atoms with Crippen LogP contribution >= 0.6 is 41.9 Å². The Kier molecular flexibility index (Phi) is 7.64. The lowest BCUT2D eigenvalue weighted by Gasteiger charge is -2.13. The van der Waals surface area contributed by atoms with Crippen LogP contribution in [0.25, 0.3) is 6.08 Å². The lowest BCUT2D eigenvalue weighted by Crippen LogP contribution is -2.13. The highest BCUT2D eigenvalue weighted by Crippen LogP contribution is 2.18. The molecule has 1 aromatic rings. The molecule has 0 amide bonds. The van der Waals surface area contributed by atoms with Gasteiger partial charge in [-0.2, -0.15) is 0 Å². The standard InChI is InChI=1S/C14H15ClINS/c1-12(2)11-17(18-16)10-4-3-5-13-6-8-14(15)9-7-13/h3,5-9,12H,11H2,1-2H3/b5-3+. The monoisotopic (exact) mass is 391 g/mol. The average molecular weight is 392 g/mol. The van der Waals surface area contributed by atoms with Gasteiger partial charge in [-0.3, -0.25) is 4.31 Å². The second-order valence-electron chi connectivity index (χ2n) is 4.16. The first-order chi connectivity index (χ1) is 8.61. The van der Waals surface area contributed by atoms with Crippen molar-refractivity contribution in [3.63, 3.8) is 0 Å². The third kappa shape index (κ3) is 6.58. The maximum absolute atomic E-state index is 5.82. The molecule has 1 rings (SSSR count). The minimum Gasteiger partial charge on any atom is -0.266 e. The number of allylic oxidation sites excluding steroid dienone is 1. The summed E-state index contributed by atoms with van der Waals surface area (Å²) in [7, 11) is 1.62. The first-order valence-corrected chi connectivity index (χ1v) is 9.30. The summed E-state index contributed by atoms with van der Waals surface area (Å²) < 4.78 is 2.04. The van der Waals surface area contributed by atoms with Crippen molar-refractivity contribution in [1.29, 1.82) is 0 Å². The van der Waals surface area contributed by atoms with Crippen molar-refractivity contribution in [2.45, 2.75) is 13.8 Å². The molecule has 1 nitrogen and oxygen atoms in total. The molecule has 0 fully saturated rings. The molecule has 0 radical (unpaired) electrons. The van der Waals surface area contributed by atoms with E-state index in [9.17, 15) is 0 Å². The van der Waals surface area contributed by atoms with Crippen LogP contribution in [0, 0.1) is 17.9 Å². The zero-order valence-electron chi connectivity index (χ0n) is 10.4. The molecule has 0 unspecified atom stereocenters.